The highest BCUT2D eigenvalue weighted by molar-refractivity contribution is 9.10. The molecule has 1 atom stereocenters. The number of carbonyl (C=O) groups is 3. The fourth-order valence-electron chi connectivity index (χ4n) is 2.33. The monoisotopic (exact) mass is 405 g/mol. The first-order chi connectivity index (χ1) is 11.5. The minimum absolute atomic E-state index is 0.0113. The van der Waals surface area contributed by atoms with Gasteiger partial charge in [-0.05, 0) is 36.4 Å². The van der Waals surface area contributed by atoms with Crippen LogP contribution in [0.5, 0.6) is 0 Å². The van der Waals surface area contributed by atoms with Gasteiger partial charge in [0.1, 0.15) is 5.03 Å². The van der Waals surface area contributed by atoms with E-state index < -0.39 is 11.2 Å². The molecule has 24 heavy (non-hydrogen) atoms. The molecule has 0 bridgehead atoms. The molecule has 1 aromatic heterocycles. The van der Waals surface area contributed by atoms with Crippen LogP contribution < -0.4 is 10.0 Å². The Balaban J connectivity index is 1.85. The number of carboxylic acids is 1. The highest BCUT2D eigenvalue weighted by Crippen LogP contribution is 2.34. The average molecular weight is 406 g/mol. The summed E-state index contributed by atoms with van der Waals surface area (Å²) in [5, 5.41) is 10.6. The van der Waals surface area contributed by atoms with Crippen LogP contribution in [0, 0.1) is 0 Å². The highest BCUT2D eigenvalue weighted by atomic mass is 79.9. The van der Waals surface area contributed by atoms with Gasteiger partial charge in [0.25, 0.3) is 0 Å². The number of carboxylic acid groups (broad SMARTS) is 1. The van der Waals surface area contributed by atoms with Crippen molar-refractivity contribution in [2.45, 2.75) is 16.7 Å². The number of pyridine rings is 1. The van der Waals surface area contributed by atoms with Crippen molar-refractivity contribution in [3.63, 3.8) is 0 Å². The van der Waals surface area contributed by atoms with Crippen molar-refractivity contribution >= 4 is 51.2 Å². The standard InChI is InChI=1S/C16H11BrN2O4S/c17-9-3-5-10(6-4-9)19-13(20)8-12(15(19)21)24-14-11(16(22)23)2-1-7-18-14/h1-7,12H,8H2,(H,22,23)/p-1/t12-/m0/s1. The second-order valence-electron chi connectivity index (χ2n) is 5.00. The molecule has 0 spiro atoms. The molecule has 2 aromatic rings. The van der Waals surface area contributed by atoms with Gasteiger partial charge in [-0.2, -0.15) is 0 Å². The molecule has 3 rings (SSSR count). The van der Waals surface area contributed by atoms with Gasteiger partial charge in [-0.1, -0.05) is 27.7 Å². The van der Waals surface area contributed by atoms with E-state index in [1.807, 2.05) is 0 Å². The summed E-state index contributed by atoms with van der Waals surface area (Å²) in [6.45, 7) is 0. The van der Waals surface area contributed by atoms with Crippen LogP contribution in [0.1, 0.15) is 16.8 Å². The molecule has 0 saturated carbocycles. The minimum Gasteiger partial charge on any atom is -0.545 e. The second-order valence-corrected chi connectivity index (χ2v) is 7.11. The fraction of sp³-hybridized carbons (Fsp3) is 0.125. The van der Waals surface area contributed by atoms with Gasteiger partial charge in [0.15, 0.2) is 0 Å². The van der Waals surface area contributed by atoms with Crippen molar-refractivity contribution < 1.29 is 19.5 Å². The molecule has 2 heterocycles. The van der Waals surface area contributed by atoms with Gasteiger partial charge >= 0.3 is 0 Å². The summed E-state index contributed by atoms with van der Waals surface area (Å²) < 4.78 is 0.836. The lowest BCUT2D eigenvalue weighted by atomic mass is 10.3. The Bertz CT molecular complexity index is 825. The Morgan fingerprint density at radius 2 is 1.96 bits per heavy atom. The highest BCUT2D eigenvalue weighted by Gasteiger charge is 2.40. The Hall–Kier alpha value is -2.19. The van der Waals surface area contributed by atoms with Gasteiger partial charge in [-0.3, -0.25) is 9.59 Å². The number of rotatable bonds is 4. The number of carbonyl (C=O) groups excluding carboxylic acids is 3. The average Bonchev–Trinajstić information content (AvgIpc) is 2.83. The minimum atomic E-state index is -1.37. The van der Waals surface area contributed by atoms with Crippen molar-refractivity contribution in [2.75, 3.05) is 4.90 Å². The zero-order chi connectivity index (χ0) is 17.3. The lowest BCUT2D eigenvalue weighted by Gasteiger charge is -2.15. The van der Waals surface area contributed by atoms with Crippen LogP contribution in [0.15, 0.2) is 52.1 Å². The summed E-state index contributed by atoms with van der Waals surface area (Å²) in [4.78, 5) is 41.0. The van der Waals surface area contributed by atoms with E-state index in [1.165, 1.54) is 18.3 Å². The van der Waals surface area contributed by atoms with Gasteiger partial charge in [0, 0.05) is 22.7 Å². The van der Waals surface area contributed by atoms with E-state index in [4.69, 9.17) is 0 Å². The van der Waals surface area contributed by atoms with Crippen LogP contribution in [0.25, 0.3) is 0 Å². The van der Waals surface area contributed by atoms with Gasteiger partial charge in [0.2, 0.25) is 11.8 Å². The Morgan fingerprint density at radius 3 is 2.62 bits per heavy atom. The molecule has 0 N–H and O–H groups in total. The quantitative estimate of drug-likeness (QED) is 0.717. The van der Waals surface area contributed by atoms with Crippen LogP contribution in [0.3, 0.4) is 0 Å². The SMILES string of the molecule is O=C([O-])c1cccnc1S[C@H]1CC(=O)N(c2ccc(Br)cc2)C1=O. The molecule has 1 aromatic carbocycles. The number of benzene rings is 1. The number of amides is 2. The van der Waals surface area contributed by atoms with Crippen molar-refractivity contribution in [1.29, 1.82) is 0 Å². The number of hydrogen-bond acceptors (Lipinski definition) is 6. The molecule has 0 aliphatic carbocycles. The summed E-state index contributed by atoms with van der Waals surface area (Å²) in [6.07, 6.45) is 1.42. The molecule has 1 fully saturated rings. The predicted molar refractivity (Wildman–Crippen MR) is 89.5 cm³/mol. The first-order valence-corrected chi connectivity index (χ1v) is 8.60. The number of halogens is 1. The molecular formula is C16H10BrN2O4S-. The third-order valence-electron chi connectivity index (χ3n) is 3.44. The number of aromatic carboxylic acids is 1. The van der Waals surface area contributed by atoms with Crippen LogP contribution in [-0.2, 0) is 9.59 Å². The molecule has 1 aliphatic rings. The fourth-order valence-corrected chi connectivity index (χ4v) is 3.70. The summed E-state index contributed by atoms with van der Waals surface area (Å²) in [6, 6.07) is 9.65. The van der Waals surface area contributed by atoms with Gasteiger partial charge < -0.3 is 9.90 Å². The summed E-state index contributed by atoms with van der Waals surface area (Å²) in [5.74, 6) is -2.08. The maximum absolute atomic E-state index is 12.6. The largest absolute Gasteiger partial charge is 0.545 e. The molecule has 6 nitrogen and oxygen atoms in total. The molecule has 0 unspecified atom stereocenters. The van der Waals surface area contributed by atoms with Gasteiger partial charge in [-0.15, -0.1) is 0 Å². The third-order valence-corrected chi connectivity index (χ3v) is 5.17. The predicted octanol–water partition coefficient (Wildman–Crippen LogP) is 1.63. The summed E-state index contributed by atoms with van der Waals surface area (Å²) in [7, 11) is 0. The third kappa shape index (κ3) is 3.20. The maximum atomic E-state index is 12.6. The molecule has 1 saturated heterocycles. The zero-order valence-corrected chi connectivity index (χ0v) is 14.5. The number of aromatic nitrogens is 1. The summed E-state index contributed by atoms with van der Waals surface area (Å²) in [5.41, 5.74) is 0.391. The van der Waals surface area contributed by atoms with E-state index in [0.29, 0.717) is 5.69 Å². The number of nitrogens with zero attached hydrogens (tertiary/aromatic N) is 2. The van der Waals surface area contributed by atoms with Crippen molar-refractivity contribution in [2.24, 2.45) is 0 Å². The second kappa shape index (κ2) is 6.74. The van der Waals surface area contributed by atoms with Crippen LogP contribution in [0.4, 0.5) is 5.69 Å². The lowest BCUT2D eigenvalue weighted by molar-refractivity contribution is -0.255. The van der Waals surface area contributed by atoms with E-state index in [2.05, 4.69) is 20.9 Å². The first-order valence-electron chi connectivity index (χ1n) is 6.93. The van der Waals surface area contributed by atoms with E-state index >= 15 is 0 Å². The Kier molecular flexibility index (Phi) is 4.68. The van der Waals surface area contributed by atoms with Crippen LogP contribution in [0.2, 0.25) is 0 Å². The van der Waals surface area contributed by atoms with E-state index in [0.717, 1.165) is 21.1 Å². The number of anilines is 1. The molecule has 1 aliphatic heterocycles. The van der Waals surface area contributed by atoms with Crippen LogP contribution in [-0.4, -0.2) is 28.0 Å². The van der Waals surface area contributed by atoms with E-state index in [1.54, 1.807) is 24.3 Å². The molecule has 8 heteroatoms. The zero-order valence-electron chi connectivity index (χ0n) is 12.1. The number of hydrogen-bond donors (Lipinski definition) is 0. The molecule has 122 valence electrons. The van der Waals surface area contributed by atoms with Crippen molar-refractivity contribution in [3.05, 3.63) is 52.6 Å². The molecule has 2 amide bonds. The Morgan fingerprint density at radius 1 is 1.25 bits per heavy atom. The van der Waals surface area contributed by atoms with Crippen molar-refractivity contribution in [3.8, 4) is 0 Å². The smallest absolute Gasteiger partial charge is 0.247 e. The normalized spacial score (nSPS) is 17.4. The number of imide groups is 1. The summed E-state index contributed by atoms with van der Waals surface area (Å²) >= 11 is 4.27. The van der Waals surface area contributed by atoms with Crippen LogP contribution >= 0.6 is 27.7 Å². The molecule has 0 radical (unpaired) electrons. The topological polar surface area (TPSA) is 90.4 Å². The van der Waals surface area contributed by atoms with E-state index in [-0.39, 0.29) is 28.8 Å². The first kappa shape index (κ1) is 16.7. The van der Waals surface area contributed by atoms with Gasteiger partial charge in [0.05, 0.1) is 16.9 Å². The molecular weight excluding hydrogens is 396 g/mol. The Labute approximate surface area is 150 Å². The van der Waals surface area contributed by atoms with E-state index in [9.17, 15) is 19.5 Å². The number of thioether (sulfide) groups is 1. The maximum Gasteiger partial charge on any atom is 0.247 e. The van der Waals surface area contributed by atoms with Crippen molar-refractivity contribution in [1.82, 2.24) is 4.98 Å². The lowest BCUT2D eigenvalue weighted by Crippen LogP contribution is -2.31. The van der Waals surface area contributed by atoms with Gasteiger partial charge in [-0.25, -0.2) is 9.88 Å².